The Morgan fingerprint density at radius 3 is 2.35 bits per heavy atom. The minimum atomic E-state index is -0.939. The lowest BCUT2D eigenvalue weighted by Crippen LogP contribution is -2.10. The van der Waals surface area contributed by atoms with Crippen LogP contribution in [0.1, 0.15) is 11.1 Å². The van der Waals surface area contributed by atoms with Gasteiger partial charge in [-0.25, -0.2) is 4.79 Å². The van der Waals surface area contributed by atoms with E-state index >= 15 is 0 Å². The van der Waals surface area contributed by atoms with Gasteiger partial charge in [0.2, 0.25) is 0 Å². The highest BCUT2D eigenvalue weighted by Gasteiger charge is 2.05. The fourth-order valence-corrected chi connectivity index (χ4v) is 2.06. The number of benzene rings is 2. The van der Waals surface area contributed by atoms with Gasteiger partial charge < -0.3 is 10.0 Å². The molecule has 0 amide bonds. The van der Waals surface area contributed by atoms with E-state index in [0.717, 1.165) is 23.0 Å². The Hall–Kier alpha value is -2.55. The van der Waals surface area contributed by atoms with Gasteiger partial charge in [-0.15, -0.1) is 0 Å². The molecule has 2 aromatic rings. The van der Waals surface area contributed by atoms with Gasteiger partial charge in [0, 0.05) is 24.5 Å². The molecule has 102 valence electrons. The molecule has 0 spiro atoms. The minimum absolute atomic E-state index is 0.870. The topological polar surface area (TPSA) is 40.5 Å². The molecule has 0 saturated carbocycles. The molecule has 0 aliphatic heterocycles. The molecule has 0 saturated heterocycles. The SMILES string of the molecule is Cc1ccccc1N(C)c1ccc(C=CC(=O)O)cc1. The van der Waals surface area contributed by atoms with Gasteiger partial charge in [0.15, 0.2) is 0 Å². The fraction of sp³-hybridized carbons (Fsp3) is 0.118. The molecular weight excluding hydrogens is 250 g/mol. The van der Waals surface area contributed by atoms with Crippen molar-refractivity contribution in [2.24, 2.45) is 0 Å². The van der Waals surface area contributed by atoms with Crippen LogP contribution in [-0.2, 0) is 4.79 Å². The van der Waals surface area contributed by atoms with Crippen LogP contribution in [0.4, 0.5) is 11.4 Å². The summed E-state index contributed by atoms with van der Waals surface area (Å²) in [4.78, 5) is 12.6. The molecule has 0 bridgehead atoms. The zero-order valence-electron chi connectivity index (χ0n) is 11.6. The molecule has 2 rings (SSSR count). The van der Waals surface area contributed by atoms with E-state index in [9.17, 15) is 4.79 Å². The van der Waals surface area contributed by atoms with E-state index in [1.54, 1.807) is 6.08 Å². The largest absolute Gasteiger partial charge is 0.478 e. The first-order valence-corrected chi connectivity index (χ1v) is 6.38. The molecule has 0 aromatic heterocycles. The molecule has 20 heavy (non-hydrogen) atoms. The Balaban J connectivity index is 2.22. The van der Waals surface area contributed by atoms with Crippen molar-refractivity contribution >= 4 is 23.4 Å². The second-order valence-electron chi connectivity index (χ2n) is 4.61. The molecule has 3 heteroatoms. The average molecular weight is 267 g/mol. The molecule has 1 N–H and O–H groups in total. The van der Waals surface area contributed by atoms with E-state index in [1.165, 1.54) is 5.56 Å². The molecule has 0 aliphatic rings. The number of nitrogens with zero attached hydrogens (tertiary/aromatic N) is 1. The third kappa shape index (κ3) is 3.26. The van der Waals surface area contributed by atoms with Crippen LogP contribution in [-0.4, -0.2) is 18.1 Å². The summed E-state index contributed by atoms with van der Waals surface area (Å²) in [6.07, 6.45) is 2.72. The Bertz CT molecular complexity index is 630. The Kier molecular flexibility index (Phi) is 4.20. The van der Waals surface area contributed by atoms with Gasteiger partial charge >= 0.3 is 5.97 Å². The summed E-state index contributed by atoms with van der Waals surface area (Å²) >= 11 is 0. The lowest BCUT2D eigenvalue weighted by atomic mass is 10.1. The summed E-state index contributed by atoms with van der Waals surface area (Å²) in [5.41, 5.74) is 4.30. The van der Waals surface area contributed by atoms with Crippen molar-refractivity contribution in [2.45, 2.75) is 6.92 Å². The molecule has 0 aliphatic carbocycles. The maximum absolute atomic E-state index is 10.5. The van der Waals surface area contributed by atoms with Gasteiger partial charge in [-0.1, -0.05) is 30.3 Å². The highest BCUT2D eigenvalue weighted by atomic mass is 16.4. The van der Waals surface area contributed by atoms with Crippen LogP contribution in [0.25, 0.3) is 6.08 Å². The van der Waals surface area contributed by atoms with Crippen LogP contribution in [0.2, 0.25) is 0 Å². The lowest BCUT2D eigenvalue weighted by Gasteiger charge is -2.21. The molecule has 0 unspecified atom stereocenters. The van der Waals surface area contributed by atoms with Crippen molar-refractivity contribution in [3.8, 4) is 0 Å². The fourth-order valence-electron chi connectivity index (χ4n) is 2.06. The maximum atomic E-state index is 10.5. The zero-order chi connectivity index (χ0) is 14.5. The van der Waals surface area contributed by atoms with E-state index < -0.39 is 5.97 Å². The average Bonchev–Trinajstić information content (AvgIpc) is 2.45. The summed E-state index contributed by atoms with van der Waals surface area (Å²) in [7, 11) is 2.02. The monoisotopic (exact) mass is 267 g/mol. The highest BCUT2D eigenvalue weighted by molar-refractivity contribution is 5.85. The number of rotatable bonds is 4. The number of carboxylic acid groups (broad SMARTS) is 1. The van der Waals surface area contributed by atoms with Gasteiger partial charge in [0.25, 0.3) is 0 Å². The van der Waals surface area contributed by atoms with Crippen LogP contribution in [0.3, 0.4) is 0 Å². The summed E-state index contributed by atoms with van der Waals surface area (Å²) in [6.45, 7) is 2.08. The summed E-state index contributed by atoms with van der Waals surface area (Å²) < 4.78 is 0. The third-order valence-electron chi connectivity index (χ3n) is 3.18. The number of hydrogen-bond acceptors (Lipinski definition) is 2. The maximum Gasteiger partial charge on any atom is 0.328 e. The number of carboxylic acids is 1. The van der Waals surface area contributed by atoms with Gasteiger partial charge in [0.1, 0.15) is 0 Å². The second-order valence-corrected chi connectivity index (χ2v) is 4.61. The van der Waals surface area contributed by atoms with Crippen molar-refractivity contribution in [1.29, 1.82) is 0 Å². The number of hydrogen-bond donors (Lipinski definition) is 1. The van der Waals surface area contributed by atoms with Crippen LogP contribution < -0.4 is 4.90 Å². The molecule has 3 nitrogen and oxygen atoms in total. The number of para-hydroxylation sites is 1. The number of anilines is 2. The molecule has 0 radical (unpaired) electrons. The number of aliphatic carboxylic acids is 1. The van der Waals surface area contributed by atoms with Crippen molar-refractivity contribution < 1.29 is 9.90 Å². The minimum Gasteiger partial charge on any atom is -0.478 e. The first-order valence-electron chi connectivity index (χ1n) is 6.38. The van der Waals surface area contributed by atoms with E-state index in [0.29, 0.717) is 0 Å². The Labute approximate surface area is 118 Å². The number of carbonyl (C=O) groups is 1. The smallest absolute Gasteiger partial charge is 0.328 e. The van der Waals surface area contributed by atoms with Crippen molar-refractivity contribution in [2.75, 3.05) is 11.9 Å². The highest BCUT2D eigenvalue weighted by Crippen LogP contribution is 2.26. The molecular formula is C17H17NO2. The van der Waals surface area contributed by atoms with E-state index in [-0.39, 0.29) is 0 Å². The van der Waals surface area contributed by atoms with E-state index in [1.807, 2.05) is 43.4 Å². The summed E-state index contributed by atoms with van der Waals surface area (Å²) in [5, 5.41) is 8.60. The number of aryl methyl sites for hydroxylation is 1. The summed E-state index contributed by atoms with van der Waals surface area (Å²) in [5.74, 6) is -0.939. The van der Waals surface area contributed by atoms with E-state index in [2.05, 4.69) is 24.0 Å². The van der Waals surface area contributed by atoms with Crippen LogP contribution in [0, 0.1) is 6.92 Å². The van der Waals surface area contributed by atoms with E-state index in [4.69, 9.17) is 5.11 Å². The van der Waals surface area contributed by atoms with Gasteiger partial charge in [-0.3, -0.25) is 0 Å². The van der Waals surface area contributed by atoms with Gasteiger partial charge in [0.05, 0.1) is 0 Å². The quantitative estimate of drug-likeness (QED) is 0.855. The molecule has 0 fully saturated rings. The lowest BCUT2D eigenvalue weighted by molar-refractivity contribution is -0.131. The van der Waals surface area contributed by atoms with Crippen molar-refractivity contribution in [3.63, 3.8) is 0 Å². The second kappa shape index (κ2) is 6.06. The third-order valence-corrected chi connectivity index (χ3v) is 3.18. The first kappa shape index (κ1) is 13.9. The van der Waals surface area contributed by atoms with Crippen LogP contribution >= 0.6 is 0 Å². The van der Waals surface area contributed by atoms with Crippen LogP contribution in [0.5, 0.6) is 0 Å². The predicted octanol–water partition coefficient (Wildman–Crippen LogP) is 3.86. The standard InChI is InChI=1S/C17H17NO2/c1-13-5-3-4-6-16(13)18(2)15-10-7-14(8-11-15)9-12-17(19)20/h3-12H,1-2H3,(H,19,20). The van der Waals surface area contributed by atoms with Crippen molar-refractivity contribution in [1.82, 2.24) is 0 Å². The summed E-state index contributed by atoms with van der Waals surface area (Å²) in [6, 6.07) is 16.0. The Morgan fingerprint density at radius 1 is 1.10 bits per heavy atom. The molecule has 0 atom stereocenters. The zero-order valence-corrected chi connectivity index (χ0v) is 11.6. The molecule has 2 aromatic carbocycles. The predicted molar refractivity (Wildman–Crippen MR) is 82.4 cm³/mol. The molecule has 0 heterocycles. The van der Waals surface area contributed by atoms with Crippen LogP contribution in [0.15, 0.2) is 54.6 Å². The first-order chi connectivity index (χ1) is 9.58. The van der Waals surface area contributed by atoms with Crippen molar-refractivity contribution in [3.05, 3.63) is 65.7 Å². The van der Waals surface area contributed by atoms with Gasteiger partial charge in [-0.05, 0) is 42.3 Å². The Morgan fingerprint density at radius 2 is 1.75 bits per heavy atom. The normalized spacial score (nSPS) is 10.7. The van der Waals surface area contributed by atoms with Gasteiger partial charge in [-0.2, -0.15) is 0 Å².